The average molecular weight is 413 g/mol. The molecule has 1 aliphatic rings. The van der Waals surface area contributed by atoms with Crippen molar-refractivity contribution in [2.24, 2.45) is 0 Å². The maximum Gasteiger partial charge on any atom is 0.257 e. The topological polar surface area (TPSA) is 53.0 Å². The van der Waals surface area contributed by atoms with Gasteiger partial charge < -0.3 is 19.6 Å². The molecule has 1 aliphatic heterocycles. The van der Waals surface area contributed by atoms with Crippen LogP contribution in [0.2, 0.25) is 0 Å². The standard InChI is InChI=1S/C23H28N2O3S/c1-16-21(17-8-6-5-7-9-17)29-22(18-10-12-19(28-4)13-11-18)20(26)23(27)25(16)15-14-24(2)3/h5-13,20,22,26H,14-15H2,1-4H3/t20-,22-/m0/s1. The zero-order valence-electron chi connectivity index (χ0n) is 17.3. The molecule has 1 heterocycles. The summed E-state index contributed by atoms with van der Waals surface area (Å²) in [7, 11) is 5.57. The summed E-state index contributed by atoms with van der Waals surface area (Å²) >= 11 is 1.54. The van der Waals surface area contributed by atoms with E-state index in [1.165, 1.54) is 0 Å². The van der Waals surface area contributed by atoms with Crippen LogP contribution in [0.5, 0.6) is 5.75 Å². The summed E-state index contributed by atoms with van der Waals surface area (Å²) in [5, 5.41) is 10.6. The SMILES string of the molecule is COc1ccc([C@@H]2SC(c3ccccc3)=C(C)N(CCN(C)C)C(=O)[C@H]2O)cc1. The minimum atomic E-state index is -1.13. The Balaban J connectivity index is 2.04. The van der Waals surface area contributed by atoms with Crippen molar-refractivity contribution >= 4 is 22.6 Å². The Morgan fingerprint density at radius 1 is 1.10 bits per heavy atom. The molecule has 2 aromatic carbocycles. The van der Waals surface area contributed by atoms with Crippen molar-refractivity contribution in [3.63, 3.8) is 0 Å². The fourth-order valence-electron chi connectivity index (χ4n) is 3.34. The zero-order valence-corrected chi connectivity index (χ0v) is 18.1. The number of benzene rings is 2. The number of aliphatic hydroxyl groups excluding tert-OH is 1. The molecule has 29 heavy (non-hydrogen) atoms. The van der Waals surface area contributed by atoms with E-state index in [1.54, 1.807) is 23.8 Å². The third-order valence-corrected chi connectivity index (χ3v) is 6.59. The molecule has 0 bridgehead atoms. The monoisotopic (exact) mass is 412 g/mol. The number of amides is 1. The molecule has 2 aromatic rings. The van der Waals surface area contributed by atoms with Gasteiger partial charge in [-0.15, -0.1) is 11.8 Å². The fraction of sp³-hybridized carbons (Fsp3) is 0.348. The maximum atomic E-state index is 13.2. The van der Waals surface area contributed by atoms with Gasteiger partial charge in [-0.1, -0.05) is 42.5 Å². The Kier molecular flexibility index (Phi) is 7.00. The summed E-state index contributed by atoms with van der Waals surface area (Å²) < 4.78 is 5.25. The third kappa shape index (κ3) is 4.83. The normalized spacial score (nSPS) is 20.2. The number of thioether (sulfide) groups is 1. The number of carbonyl (C=O) groups is 1. The van der Waals surface area contributed by atoms with Crippen LogP contribution in [0, 0.1) is 0 Å². The Hall–Kier alpha value is -2.28. The zero-order chi connectivity index (χ0) is 21.0. The largest absolute Gasteiger partial charge is 0.497 e. The first kappa shape index (κ1) is 21.4. The van der Waals surface area contributed by atoms with E-state index in [-0.39, 0.29) is 5.91 Å². The lowest BCUT2D eigenvalue weighted by atomic mass is 10.1. The first-order valence-electron chi connectivity index (χ1n) is 9.63. The van der Waals surface area contributed by atoms with Gasteiger partial charge in [0, 0.05) is 23.7 Å². The molecule has 1 N–H and O–H groups in total. The average Bonchev–Trinajstić information content (AvgIpc) is 2.82. The van der Waals surface area contributed by atoms with Crippen LogP contribution in [0.15, 0.2) is 60.3 Å². The molecular formula is C23H28N2O3S. The Bertz CT molecular complexity index is 865. The lowest BCUT2D eigenvalue weighted by Gasteiger charge is -2.27. The minimum absolute atomic E-state index is 0.261. The van der Waals surface area contributed by atoms with E-state index in [9.17, 15) is 9.90 Å². The van der Waals surface area contributed by atoms with Crippen LogP contribution in [0.25, 0.3) is 4.91 Å². The quantitative estimate of drug-likeness (QED) is 0.785. The second-order valence-electron chi connectivity index (χ2n) is 7.33. The molecule has 3 rings (SSSR count). The predicted octanol–water partition coefficient (Wildman–Crippen LogP) is 3.62. The Labute approximate surface area is 177 Å². The number of carbonyl (C=O) groups excluding carboxylic acids is 1. The van der Waals surface area contributed by atoms with E-state index < -0.39 is 11.4 Å². The fourth-order valence-corrected chi connectivity index (χ4v) is 4.69. The summed E-state index contributed by atoms with van der Waals surface area (Å²) in [4.78, 5) is 18.0. The summed E-state index contributed by atoms with van der Waals surface area (Å²) in [6.07, 6.45) is -1.13. The molecule has 0 spiro atoms. The van der Waals surface area contributed by atoms with Gasteiger partial charge in [0.2, 0.25) is 0 Å². The highest BCUT2D eigenvalue weighted by atomic mass is 32.2. The number of rotatable bonds is 6. The van der Waals surface area contributed by atoms with Crippen LogP contribution in [0.3, 0.4) is 0 Å². The molecule has 0 radical (unpaired) electrons. The van der Waals surface area contributed by atoms with E-state index in [0.29, 0.717) is 6.54 Å². The summed E-state index contributed by atoms with van der Waals surface area (Å²) in [5.41, 5.74) is 2.82. The van der Waals surface area contributed by atoms with Crippen LogP contribution >= 0.6 is 11.8 Å². The lowest BCUT2D eigenvalue weighted by molar-refractivity contribution is -0.138. The second kappa shape index (κ2) is 9.48. The number of aliphatic hydroxyl groups is 1. The van der Waals surface area contributed by atoms with Gasteiger partial charge in [0.1, 0.15) is 11.9 Å². The third-order valence-electron chi connectivity index (χ3n) is 5.04. The number of nitrogens with zero attached hydrogens (tertiary/aromatic N) is 2. The molecule has 0 aliphatic carbocycles. The number of allylic oxidation sites excluding steroid dienone is 1. The summed E-state index contributed by atoms with van der Waals surface area (Å²) in [5.74, 6) is 0.486. The molecule has 0 aromatic heterocycles. The van der Waals surface area contributed by atoms with Gasteiger partial charge in [-0.05, 0) is 44.3 Å². The van der Waals surface area contributed by atoms with E-state index in [0.717, 1.165) is 34.0 Å². The predicted molar refractivity (Wildman–Crippen MR) is 119 cm³/mol. The van der Waals surface area contributed by atoms with Crippen molar-refractivity contribution in [1.29, 1.82) is 0 Å². The van der Waals surface area contributed by atoms with E-state index in [1.807, 2.05) is 80.5 Å². The molecule has 0 fully saturated rings. The smallest absolute Gasteiger partial charge is 0.257 e. The van der Waals surface area contributed by atoms with Crippen LogP contribution in [0.1, 0.15) is 23.3 Å². The number of likely N-dealkylation sites (N-methyl/N-ethyl adjacent to an activating group) is 1. The van der Waals surface area contributed by atoms with E-state index in [2.05, 4.69) is 0 Å². The van der Waals surface area contributed by atoms with Crippen LogP contribution < -0.4 is 4.74 Å². The Morgan fingerprint density at radius 2 is 1.76 bits per heavy atom. The highest BCUT2D eigenvalue weighted by molar-refractivity contribution is 8.08. The lowest BCUT2D eigenvalue weighted by Crippen LogP contribution is -2.42. The van der Waals surface area contributed by atoms with Gasteiger partial charge in [0.15, 0.2) is 0 Å². The van der Waals surface area contributed by atoms with E-state index in [4.69, 9.17) is 4.74 Å². The highest BCUT2D eigenvalue weighted by Gasteiger charge is 2.37. The van der Waals surface area contributed by atoms with Gasteiger partial charge in [0.05, 0.1) is 12.4 Å². The van der Waals surface area contributed by atoms with Gasteiger partial charge in [-0.25, -0.2) is 0 Å². The second-order valence-corrected chi connectivity index (χ2v) is 8.48. The Morgan fingerprint density at radius 3 is 2.34 bits per heavy atom. The molecule has 0 unspecified atom stereocenters. The first-order valence-corrected chi connectivity index (χ1v) is 10.5. The molecular weight excluding hydrogens is 384 g/mol. The van der Waals surface area contributed by atoms with Crippen LogP contribution in [-0.4, -0.2) is 61.2 Å². The van der Waals surface area contributed by atoms with Crippen molar-refractivity contribution in [3.8, 4) is 5.75 Å². The van der Waals surface area contributed by atoms with Crippen molar-refractivity contribution < 1.29 is 14.6 Å². The van der Waals surface area contributed by atoms with Crippen molar-refractivity contribution in [2.45, 2.75) is 18.3 Å². The van der Waals surface area contributed by atoms with Crippen LogP contribution in [-0.2, 0) is 4.79 Å². The number of ether oxygens (including phenoxy) is 1. The van der Waals surface area contributed by atoms with Crippen molar-refractivity contribution in [2.75, 3.05) is 34.3 Å². The highest BCUT2D eigenvalue weighted by Crippen LogP contribution is 2.47. The summed E-state index contributed by atoms with van der Waals surface area (Å²) in [6.45, 7) is 3.21. The van der Waals surface area contributed by atoms with Gasteiger partial charge in [-0.3, -0.25) is 4.79 Å². The molecule has 6 heteroatoms. The van der Waals surface area contributed by atoms with E-state index >= 15 is 0 Å². The van der Waals surface area contributed by atoms with Gasteiger partial charge in [0.25, 0.3) is 5.91 Å². The molecule has 5 nitrogen and oxygen atoms in total. The minimum Gasteiger partial charge on any atom is -0.497 e. The number of hydrogen-bond donors (Lipinski definition) is 1. The summed E-state index contributed by atoms with van der Waals surface area (Å²) in [6, 6.07) is 17.6. The molecule has 1 amide bonds. The maximum absolute atomic E-state index is 13.2. The molecule has 154 valence electrons. The molecule has 0 saturated heterocycles. The van der Waals surface area contributed by atoms with Crippen LogP contribution in [0.4, 0.5) is 0 Å². The van der Waals surface area contributed by atoms with Crippen molar-refractivity contribution in [3.05, 3.63) is 71.4 Å². The number of hydrogen-bond acceptors (Lipinski definition) is 5. The van der Waals surface area contributed by atoms with Crippen molar-refractivity contribution in [1.82, 2.24) is 9.80 Å². The van der Waals surface area contributed by atoms with Gasteiger partial charge >= 0.3 is 0 Å². The van der Waals surface area contributed by atoms with Gasteiger partial charge in [-0.2, -0.15) is 0 Å². The number of methoxy groups -OCH3 is 1. The molecule has 0 saturated carbocycles. The first-order chi connectivity index (χ1) is 13.9. The molecule has 2 atom stereocenters.